The fourth-order valence-corrected chi connectivity index (χ4v) is 20.0. The summed E-state index contributed by atoms with van der Waals surface area (Å²) in [4.78, 5) is 0. The third-order valence-corrected chi connectivity index (χ3v) is 22.2. The van der Waals surface area contributed by atoms with Crippen molar-refractivity contribution in [1.82, 2.24) is 0 Å². The molecule has 0 spiro atoms. The van der Waals surface area contributed by atoms with E-state index in [2.05, 4.69) is 134 Å². The first kappa shape index (κ1) is 29.8. The van der Waals surface area contributed by atoms with Crippen molar-refractivity contribution in [3.63, 3.8) is 0 Å². The predicted molar refractivity (Wildman–Crippen MR) is 170 cm³/mol. The van der Waals surface area contributed by atoms with Crippen LogP contribution in [0.15, 0.2) is 57.0 Å². The normalized spacial score (nSPS) is 19.4. The molecular formula is C32H51Si3Ti. The van der Waals surface area contributed by atoms with Gasteiger partial charge in [0.1, 0.15) is 0 Å². The molecule has 0 aromatic heterocycles. The van der Waals surface area contributed by atoms with Crippen LogP contribution in [0.3, 0.4) is 0 Å². The molecule has 0 bridgehead atoms. The Morgan fingerprint density at radius 3 is 1.25 bits per heavy atom. The van der Waals surface area contributed by atoms with Gasteiger partial charge in [0.15, 0.2) is 0 Å². The number of allylic oxidation sites excluding steroid dienone is 4. The first-order chi connectivity index (χ1) is 16.3. The number of benzene rings is 2. The molecule has 2 aromatic carbocycles. The van der Waals surface area contributed by atoms with Gasteiger partial charge in [0.25, 0.3) is 0 Å². The van der Waals surface area contributed by atoms with Crippen molar-refractivity contribution in [3.05, 3.63) is 68.1 Å². The van der Waals surface area contributed by atoms with Crippen molar-refractivity contribution >= 4 is 45.0 Å². The molecule has 0 saturated heterocycles. The zero-order valence-corrected chi connectivity index (χ0v) is 30.5. The van der Waals surface area contributed by atoms with Crippen LogP contribution in [-0.2, 0) is 17.9 Å². The van der Waals surface area contributed by atoms with Crippen molar-refractivity contribution in [2.24, 2.45) is 0 Å². The summed E-state index contributed by atoms with van der Waals surface area (Å²) >= 11 is -1.37. The van der Waals surface area contributed by atoms with Gasteiger partial charge in [-0.25, -0.2) is 0 Å². The maximum atomic E-state index is 2.73. The number of rotatable bonds is 6. The Morgan fingerprint density at radius 1 is 0.556 bits per heavy atom. The summed E-state index contributed by atoms with van der Waals surface area (Å²) in [5.41, 5.74) is 7.70. The van der Waals surface area contributed by atoms with Gasteiger partial charge in [-0.05, 0) is 0 Å². The Bertz CT molecular complexity index is 1190. The maximum absolute atomic E-state index is 2.73. The van der Waals surface area contributed by atoms with Crippen molar-refractivity contribution in [2.45, 2.75) is 103 Å². The van der Waals surface area contributed by atoms with E-state index in [1.807, 2.05) is 3.88 Å². The van der Waals surface area contributed by atoms with Gasteiger partial charge in [0.05, 0.1) is 0 Å². The van der Waals surface area contributed by atoms with E-state index in [9.17, 15) is 0 Å². The van der Waals surface area contributed by atoms with Crippen LogP contribution in [0.2, 0.25) is 61.3 Å². The standard InChI is InChI=1S/C30H45Si3.2CH3.Ti/c1-21-14-26(31(7,8)9)18-28(16-21)33(13,30(6)20-23(3)24(4)25(30)5)29-17-22(2)15-27(19-29)32(10,11)12;;;/h14-19H,1-13H3;2*1H3;. The van der Waals surface area contributed by atoms with E-state index < -0.39 is 42.1 Å². The predicted octanol–water partition coefficient (Wildman–Crippen LogP) is 7.69. The van der Waals surface area contributed by atoms with Gasteiger partial charge in [-0.1, -0.05) is 0 Å². The van der Waals surface area contributed by atoms with Crippen LogP contribution in [0.1, 0.15) is 38.8 Å². The molecule has 0 fully saturated rings. The summed E-state index contributed by atoms with van der Waals surface area (Å²) in [6.07, 6.45) is 0. The molecule has 3 rings (SSSR count). The summed E-state index contributed by atoms with van der Waals surface area (Å²) in [5, 5.41) is 11.8. The molecule has 1 unspecified atom stereocenters. The van der Waals surface area contributed by atoms with Crippen LogP contribution in [0.4, 0.5) is 0 Å². The summed E-state index contributed by atoms with van der Waals surface area (Å²) in [6.45, 7) is 32.4. The second-order valence-electron chi connectivity index (χ2n) is 14.2. The number of hydrogen-bond donors (Lipinski definition) is 0. The molecule has 0 amide bonds. The monoisotopic (exact) mass is 567 g/mol. The van der Waals surface area contributed by atoms with E-state index >= 15 is 0 Å². The molecule has 0 radical (unpaired) electrons. The van der Waals surface area contributed by atoms with E-state index in [-0.39, 0.29) is 5.04 Å². The fourth-order valence-electron chi connectivity index (χ4n) is 6.66. The zero-order chi connectivity index (χ0) is 27.6. The quantitative estimate of drug-likeness (QED) is 0.314. The van der Waals surface area contributed by atoms with Crippen molar-refractivity contribution in [2.75, 3.05) is 0 Å². The van der Waals surface area contributed by atoms with Crippen LogP contribution >= 0.6 is 0 Å². The zero-order valence-electron chi connectivity index (χ0n) is 26.0. The fraction of sp³-hybridized carbons (Fsp3) is 0.500. The van der Waals surface area contributed by atoms with Gasteiger partial charge in [-0.15, -0.1) is 0 Å². The van der Waals surface area contributed by atoms with Crippen molar-refractivity contribution in [1.29, 1.82) is 0 Å². The summed E-state index contributed by atoms with van der Waals surface area (Å²) in [5.74, 6) is 0. The summed E-state index contributed by atoms with van der Waals surface area (Å²) < 4.78 is 1.85. The van der Waals surface area contributed by atoms with Crippen LogP contribution in [0, 0.1) is 13.8 Å². The van der Waals surface area contributed by atoms with Gasteiger partial charge in [-0.3, -0.25) is 0 Å². The Labute approximate surface area is 232 Å². The van der Waals surface area contributed by atoms with Crippen molar-refractivity contribution < 1.29 is 17.9 Å². The Kier molecular flexibility index (Phi) is 8.11. The molecule has 195 valence electrons. The van der Waals surface area contributed by atoms with E-state index in [1.165, 1.54) is 11.1 Å². The second-order valence-corrected chi connectivity index (χ2v) is 32.6. The first-order valence-corrected chi connectivity index (χ1v) is 27.1. The third kappa shape index (κ3) is 4.88. The SMILES string of the molecule is CC1=C(C)C(C)([Si](C)(c2cc(C)cc([Si](C)(C)C)c2)c2cc(C)cc([Si](C)(C)C)c2)[C]([Ti]([CH3])[CH3])=C1C. The topological polar surface area (TPSA) is 0 Å². The Morgan fingerprint density at radius 2 is 0.917 bits per heavy atom. The average molecular weight is 568 g/mol. The van der Waals surface area contributed by atoms with Crippen LogP contribution in [-0.4, -0.2) is 24.2 Å². The summed E-state index contributed by atoms with van der Waals surface area (Å²) in [7, 11) is -5.20. The molecule has 0 N–H and O–H groups in total. The molecule has 0 heterocycles. The van der Waals surface area contributed by atoms with Gasteiger partial charge >= 0.3 is 234 Å². The number of aryl methyl sites for hydroxylation is 2. The molecule has 1 atom stereocenters. The summed E-state index contributed by atoms with van der Waals surface area (Å²) in [6, 6.07) is 15.5. The van der Waals surface area contributed by atoms with Crippen LogP contribution < -0.4 is 20.7 Å². The minimum atomic E-state index is -2.28. The van der Waals surface area contributed by atoms with Gasteiger partial charge in [0, 0.05) is 0 Å². The second kappa shape index (κ2) is 9.79. The van der Waals surface area contributed by atoms with Gasteiger partial charge in [0.2, 0.25) is 0 Å². The van der Waals surface area contributed by atoms with E-state index in [0.717, 1.165) is 0 Å². The van der Waals surface area contributed by atoms with E-state index in [0.29, 0.717) is 0 Å². The van der Waals surface area contributed by atoms with E-state index in [4.69, 9.17) is 0 Å². The van der Waals surface area contributed by atoms with Gasteiger partial charge < -0.3 is 0 Å². The Hall–Kier alpha value is -0.715. The molecule has 4 heteroatoms. The molecule has 0 nitrogen and oxygen atoms in total. The first-order valence-electron chi connectivity index (χ1n) is 13.7. The molecule has 2 aromatic rings. The van der Waals surface area contributed by atoms with Gasteiger partial charge in [-0.2, -0.15) is 0 Å². The molecule has 36 heavy (non-hydrogen) atoms. The average Bonchev–Trinajstić information content (AvgIpc) is 2.91. The molecular weight excluding hydrogens is 516 g/mol. The number of hydrogen-bond acceptors (Lipinski definition) is 0. The van der Waals surface area contributed by atoms with Crippen LogP contribution in [0.25, 0.3) is 0 Å². The van der Waals surface area contributed by atoms with E-state index in [1.54, 1.807) is 37.5 Å². The Balaban J connectivity index is 2.56. The molecule has 1 aliphatic carbocycles. The molecule has 0 aliphatic heterocycles. The molecule has 1 aliphatic rings. The van der Waals surface area contributed by atoms with Crippen molar-refractivity contribution in [3.8, 4) is 0 Å². The van der Waals surface area contributed by atoms with Crippen LogP contribution in [0.5, 0.6) is 0 Å². The minimum absolute atomic E-state index is 0.120. The molecule has 0 saturated carbocycles. The third-order valence-electron chi connectivity index (χ3n) is 9.29.